The van der Waals surface area contributed by atoms with Gasteiger partial charge in [0.2, 0.25) is 5.91 Å². The van der Waals surface area contributed by atoms with Crippen LogP contribution in [0.15, 0.2) is 29.3 Å². The van der Waals surface area contributed by atoms with Gasteiger partial charge in [0.05, 0.1) is 0 Å². The van der Waals surface area contributed by atoms with Crippen molar-refractivity contribution < 1.29 is 9.18 Å². The Kier molecular flexibility index (Phi) is 9.90. The fourth-order valence-corrected chi connectivity index (χ4v) is 3.31. The second-order valence-corrected chi connectivity index (χ2v) is 6.50. The second-order valence-electron chi connectivity index (χ2n) is 6.50. The van der Waals surface area contributed by atoms with Crippen LogP contribution in [0.5, 0.6) is 0 Å². The predicted octanol–water partition coefficient (Wildman–Crippen LogP) is 3.24. The molecular formula is C19H30FIN4O. The fourth-order valence-electron chi connectivity index (χ4n) is 3.31. The number of aliphatic imine (C=N–C) groups is 1. The van der Waals surface area contributed by atoms with Crippen molar-refractivity contribution in [2.75, 3.05) is 27.2 Å². The molecule has 0 aromatic heterocycles. The van der Waals surface area contributed by atoms with E-state index in [1.807, 2.05) is 16.8 Å². The molecule has 1 atom stereocenters. The van der Waals surface area contributed by atoms with Gasteiger partial charge in [-0.1, -0.05) is 19.1 Å². The molecule has 1 unspecified atom stereocenters. The number of carbonyl (C=O) groups excluding carboxylic acids is 1. The molecule has 26 heavy (non-hydrogen) atoms. The minimum absolute atomic E-state index is 0. The van der Waals surface area contributed by atoms with E-state index in [0.717, 1.165) is 43.9 Å². The molecule has 1 aromatic rings. The van der Waals surface area contributed by atoms with E-state index in [4.69, 9.17) is 0 Å². The lowest BCUT2D eigenvalue weighted by molar-refractivity contribution is -0.129. The third-order valence-electron chi connectivity index (χ3n) is 4.69. The maximum absolute atomic E-state index is 13.0. The van der Waals surface area contributed by atoms with E-state index in [0.29, 0.717) is 19.0 Å². The number of rotatable bonds is 7. The van der Waals surface area contributed by atoms with Gasteiger partial charge in [-0.3, -0.25) is 9.79 Å². The Morgan fingerprint density at radius 3 is 2.62 bits per heavy atom. The summed E-state index contributed by atoms with van der Waals surface area (Å²) in [5.41, 5.74) is 1.03. The molecule has 7 heteroatoms. The van der Waals surface area contributed by atoms with Crippen LogP contribution in [0.25, 0.3) is 0 Å². The average molecular weight is 476 g/mol. The minimum Gasteiger partial charge on any atom is -0.356 e. The lowest BCUT2D eigenvalue weighted by atomic mass is 10.1. The monoisotopic (exact) mass is 476 g/mol. The van der Waals surface area contributed by atoms with Crippen LogP contribution >= 0.6 is 24.0 Å². The first-order chi connectivity index (χ1) is 12.0. The number of benzene rings is 1. The molecule has 0 radical (unpaired) electrons. The number of halogens is 2. The standard InChI is InChI=1S/C19H29FN4O.HI/c1-4-17(24-13-5-6-18(24)25)11-12-22-19(21-2)23(3)14-15-7-9-16(20)10-8-15;/h7-10,17H,4-6,11-14H2,1-3H3,(H,21,22);1H. The van der Waals surface area contributed by atoms with Crippen molar-refractivity contribution in [3.05, 3.63) is 35.6 Å². The highest BCUT2D eigenvalue weighted by atomic mass is 127. The zero-order chi connectivity index (χ0) is 18.2. The van der Waals surface area contributed by atoms with E-state index < -0.39 is 0 Å². The van der Waals surface area contributed by atoms with E-state index in [-0.39, 0.29) is 35.7 Å². The van der Waals surface area contributed by atoms with Gasteiger partial charge in [0.15, 0.2) is 5.96 Å². The van der Waals surface area contributed by atoms with Crippen molar-refractivity contribution in [2.24, 2.45) is 4.99 Å². The first-order valence-corrected chi connectivity index (χ1v) is 9.00. The Hall–Kier alpha value is -1.38. The zero-order valence-corrected chi connectivity index (χ0v) is 18.2. The summed E-state index contributed by atoms with van der Waals surface area (Å²) in [5.74, 6) is 0.854. The molecule has 5 nitrogen and oxygen atoms in total. The first kappa shape index (κ1) is 22.7. The van der Waals surface area contributed by atoms with Gasteiger partial charge in [0.25, 0.3) is 0 Å². The predicted molar refractivity (Wildman–Crippen MR) is 114 cm³/mol. The molecule has 1 heterocycles. The average Bonchev–Trinajstić information content (AvgIpc) is 3.03. The van der Waals surface area contributed by atoms with Gasteiger partial charge in [0, 0.05) is 46.2 Å². The van der Waals surface area contributed by atoms with E-state index >= 15 is 0 Å². The van der Waals surface area contributed by atoms with Crippen LogP contribution < -0.4 is 5.32 Å². The summed E-state index contributed by atoms with van der Waals surface area (Å²) in [7, 11) is 3.71. The lowest BCUT2D eigenvalue weighted by Gasteiger charge is -2.28. The third-order valence-corrected chi connectivity index (χ3v) is 4.69. The number of hydrogen-bond donors (Lipinski definition) is 1. The van der Waals surface area contributed by atoms with Gasteiger partial charge < -0.3 is 15.1 Å². The topological polar surface area (TPSA) is 47.9 Å². The summed E-state index contributed by atoms with van der Waals surface area (Å²) < 4.78 is 13.0. The highest BCUT2D eigenvalue weighted by Crippen LogP contribution is 2.17. The number of hydrogen-bond acceptors (Lipinski definition) is 2. The molecule has 1 aromatic carbocycles. The Balaban J connectivity index is 0.00000338. The molecule has 146 valence electrons. The molecular weight excluding hydrogens is 446 g/mol. The van der Waals surface area contributed by atoms with Crippen LogP contribution in [0, 0.1) is 5.82 Å². The smallest absolute Gasteiger partial charge is 0.222 e. The van der Waals surface area contributed by atoms with Crippen molar-refractivity contribution in [3.8, 4) is 0 Å². The second kappa shape index (κ2) is 11.4. The van der Waals surface area contributed by atoms with Crippen LogP contribution in [0.3, 0.4) is 0 Å². The summed E-state index contributed by atoms with van der Waals surface area (Å²) in [6.07, 6.45) is 3.54. The Bertz CT molecular complexity index is 594. The van der Waals surface area contributed by atoms with E-state index in [1.165, 1.54) is 12.1 Å². The summed E-state index contributed by atoms with van der Waals surface area (Å²) >= 11 is 0. The van der Waals surface area contributed by atoms with Crippen LogP contribution in [0.2, 0.25) is 0 Å². The van der Waals surface area contributed by atoms with Crippen molar-refractivity contribution in [1.82, 2.24) is 15.1 Å². The minimum atomic E-state index is -0.226. The molecule has 2 rings (SSSR count). The number of nitrogens with zero attached hydrogens (tertiary/aromatic N) is 3. The highest BCUT2D eigenvalue weighted by Gasteiger charge is 2.26. The normalized spacial score (nSPS) is 15.6. The SMILES string of the molecule is CCC(CCNC(=NC)N(C)Cc1ccc(F)cc1)N1CCCC1=O.I. The van der Waals surface area contributed by atoms with E-state index in [1.54, 1.807) is 19.2 Å². The highest BCUT2D eigenvalue weighted by molar-refractivity contribution is 14.0. The summed E-state index contributed by atoms with van der Waals surface area (Å²) in [6, 6.07) is 6.80. The molecule has 0 aliphatic carbocycles. The fraction of sp³-hybridized carbons (Fsp3) is 0.579. The van der Waals surface area contributed by atoms with E-state index in [2.05, 4.69) is 17.2 Å². The molecule has 1 aliphatic heterocycles. The summed E-state index contributed by atoms with van der Waals surface area (Å²) in [6.45, 7) is 4.44. The molecule has 0 bridgehead atoms. The third kappa shape index (κ3) is 6.41. The van der Waals surface area contributed by atoms with Gasteiger partial charge >= 0.3 is 0 Å². The van der Waals surface area contributed by atoms with Gasteiger partial charge in [-0.2, -0.15) is 0 Å². The number of likely N-dealkylation sites (tertiary alicyclic amines) is 1. The zero-order valence-electron chi connectivity index (χ0n) is 15.9. The van der Waals surface area contributed by atoms with Crippen LogP contribution in [0.1, 0.15) is 38.2 Å². The van der Waals surface area contributed by atoms with Crippen molar-refractivity contribution in [3.63, 3.8) is 0 Å². The van der Waals surface area contributed by atoms with Gasteiger partial charge in [0.1, 0.15) is 5.82 Å². The lowest BCUT2D eigenvalue weighted by Crippen LogP contribution is -2.42. The molecule has 1 saturated heterocycles. The summed E-state index contributed by atoms with van der Waals surface area (Å²) in [5, 5.41) is 3.37. The molecule has 0 spiro atoms. The first-order valence-electron chi connectivity index (χ1n) is 9.00. The Morgan fingerprint density at radius 1 is 1.38 bits per heavy atom. The van der Waals surface area contributed by atoms with Gasteiger partial charge in [-0.15, -0.1) is 24.0 Å². The maximum Gasteiger partial charge on any atom is 0.222 e. The van der Waals surface area contributed by atoms with Crippen LogP contribution in [-0.2, 0) is 11.3 Å². The molecule has 0 saturated carbocycles. The van der Waals surface area contributed by atoms with E-state index in [9.17, 15) is 9.18 Å². The van der Waals surface area contributed by atoms with Gasteiger partial charge in [-0.05, 0) is 37.0 Å². The number of amides is 1. The molecule has 1 amide bonds. The number of carbonyl (C=O) groups is 1. The van der Waals surface area contributed by atoms with Crippen molar-refractivity contribution >= 4 is 35.8 Å². The van der Waals surface area contributed by atoms with Crippen LogP contribution in [0.4, 0.5) is 4.39 Å². The molecule has 1 fully saturated rings. The number of guanidine groups is 1. The van der Waals surface area contributed by atoms with Crippen molar-refractivity contribution in [1.29, 1.82) is 0 Å². The molecule has 1 aliphatic rings. The Morgan fingerprint density at radius 2 is 2.08 bits per heavy atom. The van der Waals surface area contributed by atoms with Gasteiger partial charge in [-0.25, -0.2) is 4.39 Å². The number of nitrogens with one attached hydrogen (secondary N) is 1. The molecule has 1 N–H and O–H groups in total. The van der Waals surface area contributed by atoms with Crippen LogP contribution in [-0.4, -0.2) is 54.9 Å². The summed E-state index contributed by atoms with van der Waals surface area (Å²) in [4.78, 5) is 20.3. The largest absolute Gasteiger partial charge is 0.356 e. The quantitative estimate of drug-likeness (QED) is 0.374. The maximum atomic E-state index is 13.0. The van der Waals surface area contributed by atoms with Crippen molar-refractivity contribution in [2.45, 2.75) is 45.2 Å². The Labute approximate surface area is 173 Å².